The van der Waals surface area contributed by atoms with Crippen LogP contribution in [-0.2, 0) is 14.4 Å². The van der Waals surface area contributed by atoms with Gasteiger partial charge in [-0.1, -0.05) is 12.2 Å². The summed E-state index contributed by atoms with van der Waals surface area (Å²) in [4.78, 5) is 34.0. The first-order chi connectivity index (χ1) is 8.09. The van der Waals surface area contributed by atoms with E-state index in [0.29, 0.717) is 0 Å². The van der Waals surface area contributed by atoms with E-state index in [1.54, 1.807) is 0 Å². The Balaban J connectivity index is 3.69. The van der Waals surface area contributed by atoms with E-state index in [1.165, 1.54) is 26.0 Å². The molecule has 2 unspecified atom stereocenters. The second-order valence-corrected chi connectivity index (χ2v) is 4.63. The van der Waals surface area contributed by atoms with Gasteiger partial charge >= 0.3 is 17.9 Å². The lowest BCUT2D eigenvalue weighted by molar-refractivity contribution is -0.165. The minimum Gasteiger partial charge on any atom is -0.481 e. The van der Waals surface area contributed by atoms with Gasteiger partial charge in [-0.05, 0) is 26.3 Å². The lowest BCUT2D eigenvalue weighted by atomic mass is 9.58. The third-order valence-electron chi connectivity index (χ3n) is 3.69. The maximum absolute atomic E-state index is 11.5. The Labute approximate surface area is 103 Å². The first-order valence-electron chi connectivity index (χ1n) is 5.19. The molecule has 18 heavy (non-hydrogen) atoms. The van der Waals surface area contributed by atoms with Crippen molar-refractivity contribution in [1.82, 2.24) is 0 Å². The van der Waals surface area contributed by atoms with E-state index < -0.39 is 34.3 Å². The summed E-state index contributed by atoms with van der Waals surface area (Å²) in [5.41, 5.74) is -4.00. The summed E-state index contributed by atoms with van der Waals surface area (Å²) in [5, 5.41) is 27.7. The van der Waals surface area contributed by atoms with E-state index in [0.717, 1.165) is 6.92 Å². The number of hydrogen-bond donors (Lipinski definition) is 3. The van der Waals surface area contributed by atoms with Crippen LogP contribution in [0.1, 0.15) is 20.8 Å². The van der Waals surface area contributed by atoms with Crippen LogP contribution >= 0.6 is 0 Å². The van der Waals surface area contributed by atoms with Crippen molar-refractivity contribution in [3.05, 3.63) is 23.3 Å². The Morgan fingerprint density at radius 2 is 1.56 bits per heavy atom. The summed E-state index contributed by atoms with van der Waals surface area (Å²) in [6.07, 6.45) is 2.56. The molecule has 0 amide bonds. The second kappa shape index (κ2) is 3.97. The van der Waals surface area contributed by atoms with E-state index in [9.17, 15) is 24.6 Å². The summed E-state index contributed by atoms with van der Waals surface area (Å²) >= 11 is 0. The van der Waals surface area contributed by atoms with Crippen molar-refractivity contribution in [1.29, 1.82) is 0 Å². The number of carboxylic acids is 3. The molecule has 6 nitrogen and oxygen atoms in total. The number of carboxylic acid groups (broad SMARTS) is 3. The minimum absolute atomic E-state index is 0.242. The van der Waals surface area contributed by atoms with E-state index in [2.05, 4.69) is 0 Å². The van der Waals surface area contributed by atoms with Gasteiger partial charge in [-0.15, -0.1) is 0 Å². The zero-order chi connectivity index (χ0) is 14.3. The third kappa shape index (κ3) is 1.53. The van der Waals surface area contributed by atoms with Crippen molar-refractivity contribution in [3.63, 3.8) is 0 Å². The molecular weight excluding hydrogens is 240 g/mol. The highest BCUT2D eigenvalue weighted by atomic mass is 16.4. The van der Waals surface area contributed by atoms with Gasteiger partial charge in [0.1, 0.15) is 10.8 Å². The molecule has 0 aromatic carbocycles. The van der Waals surface area contributed by atoms with Crippen LogP contribution in [0.5, 0.6) is 0 Å². The molecule has 0 saturated heterocycles. The molecule has 0 saturated carbocycles. The molecule has 98 valence electrons. The van der Waals surface area contributed by atoms with Gasteiger partial charge in [-0.3, -0.25) is 9.59 Å². The molecule has 3 N–H and O–H groups in total. The summed E-state index contributed by atoms with van der Waals surface area (Å²) in [6, 6.07) is 0. The fraction of sp³-hybridized carbons (Fsp3) is 0.417. The van der Waals surface area contributed by atoms with Gasteiger partial charge in [0.2, 0.25) is 0 Å². The summed E-state index contributed by atoms with van der Waals surface area (Å²) in [5.74, 6) is -4.28. The first-order valence-corrected chi connectivity index (χ1v) is 5.19. The van der Waals surface area contributed by atoms with Crippen molar-refractivity contribution >= 4 is 17.9 Å². The Bertz CT molecular complexity index is 501. The van der Waals surface area contributed by atoms with Crippen LogP contribution in [0.4, 0.5) is 0 Å². The van der Waals surface area contributed by atoms with Gasteiger partial charge in [0, 0.05) is 0 Å². The topological polar surface area (TPSA) is 112 Å². The predicted octanol–water partition coefficient (Wildman–Crippen LogP) is 1.14. The number of aliphatic carboxylic acids is 3. The van der Waals surface area contributed by atoms with E-state index in [4.69, 9.17) is 5.11 Å². The molecule has 1 rings (SSSR count). The smallest absolute Gasteiger partial charge is 0.333 e. The zero-order valence-corrected chi connectivity index (χ0v) is 10.2. The van der Waals surface area contributed by atoms with Crippen molar-refractivity contribution < 1.29 is 29.7 Å². The summed E-state index contributed by atoms with van der Waals surface area (Å²) in [7, 11) is 0. The maximum Gasteiger partial charge on any atom is 0.333 e. The van der Waals surface area contributed by atoms with Crippen molar-refractivity contribution in [3.8, 4) is 0 Å². The van der Waals surface area contributed by atoms with Crippen LogP contribution in [-0.4, -0.2) is 33.2 Å². The Morgan fingerprint density at radius 3 is 1.89 bits per heavy atom. The third-order valence-corrected chi connectivity index (χ3v) is 3.69. The van der Waals surface area contributed by atoms with Crippen LogP contribution in [0, 0.1) is 10.8 Å². The monoisotopic (exact) mass is 254 g/mol. The van der Waals surface area contributed by atoms with Gasteiger partial charge in [0.25, 0.3) is 0 Å². The normalized spacial score (nSPS) is 31.3. The molecule has 0 bridgehead atoms. The Morgan fingerprint density at radius 1 is 1.06 bits per heavy atom. The van der Waals surface area contributed by atoms with E-state index >= 15 is 0 Å². The highest BCUT2D eigenvalue weighted by Crippen LogP contribution is 2.50. The summed E-state index contributed by atoms with van der Waals surface area (Å²) < 4.78 is 0. The fourth-order valence-corrected chi connectivity index (χ4v) is 2.19. The molecule has 0 aromatic heterocycles. The minimum atomic E-state index is -2.02. The van der Waals surface area contributed by atoms with Crippen molar-refractivity contribution in [2.24, 2.45) is 10.8 Å². The van der Waals surface area contributed by atoms with Crippen LogP contribution < -0.4 is 0 Å². The molecule has 1 aliphatic carbocycles. The van der Waals surface area contributed by atoms with Gasteiger partial charge in [-0.2, -0.15) is 0 Å². The number of hydrogen-bond acceptors (Lipinski definition) is 3. The number of rotatable bonds is 3. The average Bonchev–Trinajstić information content (AvgIpc) is 2.23. The maximum atomic E-state index is 11.5. The largest absolute Gasteiger partial charge is 0.481 e. The molecule has 0 fully saturated rings. The highest BCUT2D eigenvalue weighted by Gasteiger charge is 2.60. The Kier molecular flexibility index (Phi) is 3.08. The average molecular weight is 254 g/mol. The molecule has 6 heteroatoms. The fourth-order valence-electron chi connectivity index (χ4n) is 2.19. The van der Waals surface area contributed by atoms with Gasteiger partial charge in [0.05, 0.1) is 5.57 Å². The SMILES string of the molecule is CC1=C(C(=O)O)C(C)(C(=O)O)C(C)(C(=O)O)C=C1. The van der Waals surface area contributed by atoms with Crippen molar-refractivity contribution in [2.75, 3.05) is 0 Å². The molecular formula is C12H14O6. The lowest BCUT2D eigenvalue weighted by Crippen LogP contribution is -2.52. The number of allylic oxidation sites excluding steroid dienone is 2. The molecule has 2 atom stereocenters. The van der Waals surface area contributed by atoms with Crippen LogP contribution in [0.15, 0.2) is 23.3 Å². The van der Waals surface area contributed by atoms with E-state index in [-0.39, 0.29) is 5.57 Å². The molecule has 0 aromatic rings. The standard InChI is InChI=1S/C12H14O6/c1-6-4-5-11(2,9(15)16)12(3,10(17)18)7(6)8(13)14/h4-5H,1-3H3,(H,13,14)(H,15,16)(H,17,18). The second-order valence-electron chi connectivity index (χ2n) is 4.63. The summed E-state index contributed by atoms with van der Waals surface area (Å²) in [6.45, 7) is 3.78. The highest BCUT2D eigenvalue weighted by molar-refractivity contribution is 6.02. The lowest BCUT2D eigenvalue weighted by Gasteiger charge is -2.41. The van der Waals surface area contributed by atoms with Gasteiger partial charge < -0.3 is 15.3 Å². The Hall–Kier alpha value is -2.11. The number of carbonyl (C=O) groups is 3. The van der Waals surface area contributed by atoms with Crippen LogP contribution in [0.3, 0.4) is 0 Å². The molecule has 0 spiro atoms. The van der Waals surface area contributed by atoms with Crippen LogP contribution in [0.2, 0.25) is 0 Å². The first kappa shape index (κ1) is 14.0. The molecule has 0 radical (unpaired) electrons. The van der Waals surface area contributed by atoms with Crippen LogP contribution in [0.25, 0.3) is 0 Å². The van der Waals surface area contributed by atoms with Gasteiger partial charge in [-0.25, -0.2) is 4.79 Å². The van der Waals surface area contributed by atoms with Gasteiger partial charge in [0.15, 0.2) is 0 Å². The van der Waals surface area contributed by atoms with Crippen molar-refractivity contribution in [2.45, 2.75) is 20.8 Å². The van der Waals surface area contributed by atoms with E-state index in [1.807, 2.05) is 0 Å². The quantitative estimate of drug-likeness (QED) is 0.696. The zero-order valence-electron chi connectivity index (χ0n) is 10.2. The molecule has 0 aliphatic heterocycles. The molecule has 1 aliphatic rings. The predicted molar refractivity (Wildman–Crippen MR) is 61.0 cm³/mol. The molecule has 0 heterocycles.